The van der Waals surface area contributed by atoms with Crippen molar-refractivity contribution < 1.29 is 18.7 Å². The summed E-state index contributed by atoms with van der Waals surface area (Å²) < 4.78 is 25.7. The molecule has 1 aromatic rings. The van der Waals surface area contributed by atoms with Crippen molar-refractivity contribution in [3.63, 3.8) is 0 Å². The maximum atomic E-state index is 14.6. The minimum atomic E-state index is -0.338. The van der Waals surface area contributed by atoms with Gasteiger partial charge in [0.15, 0.2) is 0 Å². The quantitative estimate of drug-likeness (QED) is 0.890. The number of nitrogens with one attached hydrogen (secondary N) is 1. The van der Waals surface area contributed by atoms with Gasteiger partial charge >= 0.3 is 6.03 Å². The third-order valence-corrected chi connectivity index (χ3v) is 4.49. The lowest BCUT2D eigenvalue weighted by atomic mass is 10.2. The highest BCUT2D eigenvalue weighted by atomic mass is 19.1. The van der Waals surface area contributed by atoms with Crippen LogP contribution >= 0.6 is 0 Å². The molecule has 3 rings (SSSR count). The zero-order valence-corrected chi connectivity index (χ0v) is 15.0. The number of hydrogen-bond donors (Lipinski definition) is 1. The van der Waals surface area contributed by atoms with Gasteiger partial charge in [0, 0.05) is 31.9 Å². The predicted octanol–water partition coefficient (Wildman–Crippen LogP) is 2.69. The molecule has 25 heavy (non-hydrogen) atoms. The lowest BCUT2D eigenvalue weighted by Crippen LogP contribution is -2.46. The topological polar surface area (TPSA) is 54.0 Å². The van der Waals surface area contributed by atoms with E-state index in [1.54, 1.807) is 17.0 Å². The summed E-state index contributed by atoms with van der Waals surface area (Å²) >= 11 is 0. The Balaban J connectivity index is 1.66. The van der Waals surface area contributed by atoms with Crippen LogP contribution in [-0.4, -0.2) is 62.0 Å². The maximum Gasteiger partial charge on any atom is 0.322 e. The van der Waals surface area contributed by atoms with Gasteiger partial charge in [0.2, 0.25) is 0 Å². The van der Waals surface area contributed by atoms with E-state index >= 15 is 0 Å². The van der Waals surface area contributed by atoms with Crippen molar-refractivity contribution in [3.8, 4) is 0 Å². The molecule has 3 atom stereocenters. The van der Waals surface area contributed by atoms with Crippen molar-refractivity contribution in [3.05, 3.63) is 24.0 Å². The van der Waals surface area contributed by atoms with Crippen LogP contribution in [0.5, 0.6) is 0 Å². The molecule has 2 aliphatic heterocycles. The van der Waals surface area contributed by atoms with E-state index in [1.807, 2.05) is 25.7 Å². The number of carbonyl (C=O) groups excluding carboxylic acids is 1. The molecule has 2 heterocycles. The van der Waals surface area contributed by atoms with Gasteiger partial charge in [-0.2, -0.15) is 0 Å². The minimum Gasteiger partial charge on any atom is -0.375 e. The van der Waals surface area contributed by atoms with Crippen molar-refractivity contribution in [2.75, 3.05) is 43.0 Å². The van der Waals surface area contributed by atoms with Gasteiger partial charge < -0.3 is 24.6 Å². The second-order valence-corrected chi connectivity index (χ2v) is 6.89. The molecule has 0 aliphatic carbocycles. The normalized spacial score (nSPS) is 27.3. The number of morpholine rings is 2. The van der Waals surface area contributed by atoms with Crippen molar-refractivity contribution >= 4 is 17.4 Å². The lowest BCUT2D eigenvalue weighted by Gasteiger charge is -2.37. The van der Waals surface area contributed by atoms with Crippen LogP contribution in [0.15, 0.2) is 18.2 Å². The van der Waals surface area contributed by atoms with E-state index in [1.165, 1.54) is 6.07 Å². The van der Waals surface area contributed by atoms with Crippen LogP contribution in [0.4, 0.5) is 20.6 Å². The number of amides is 2. The van der Waals surface area contributed by atoms with Crippen molar-refractivity contribution in [2.45, 2.75) is 39.1 Å². The highest BCUT2D eigenvalue weighted by molar-refractivity contribution is 5.89. The number of rotatable bonds is 2. The summed E-state index contributed by atoms with van der Waals surface area (Å²) in [6, 6.07) is 4.61. The number of urea groups is 1. The number of anilines is 2. The molecule has 0 spiro atoms. The Hall–Kier alpha value is -1.86. The molecule has 2 amide bonds. The number of hydrogen-bond acceptors (Lipinski definition) is 4. The summed E-state index contributed by atoms with van der Waals surface area (Å²) in [7, 11) is 0. The molecule has 2 fully saturated rings. The SMILES string of the molecule is C[C@@H]1CN(C(=O)Nc2ccc(N3C[C@@H](C)O[C@@H](C)C3)c(F)c2)CCO1. The molecule has 0 bridgehead atoms. The summed E-state index contributed by atoms with van der Waals surface area (Å²) in [5, 5.41) is 2.77. The molecule has 6 nitrogen and oxygen atoms in total. The van der Waals surface area contributed by atoms with Gasteiger partial charge in [-0.25, -0.2) is 9.18 Å². The summed E-state index contributed by atoms with van der Waals surface area (Å²) in [5.74, 6) is -0.338. The highest BCUT2D eigenvalue weighted by Crippen LogP contribution is 2.26. The number of halogens is 1. The van der Waals surface area contributed by atoms with E-state index in [4.69, 9.17) is 9.47 Å². The monoisotopic (exact) mass is 351 g/mol. The third-order valence-electron chi connectivity index (χ3n) is 4.49. The third kappa shape index (κ3) is 4.41. The van der Waals surface area contributed by atoms with Crippen LogP contribution < -0.4 is 10.2 Å². The Labute approximate surface area is 147 Å². The highest BCUT2D eigenvalue weighted by Gasteiger charge is 2.25. The summed E-state index contributed by atoms with van der Waals surface area (Å²) in [6.07, 6.45) is 0.139. The van der Waals surface area contributed by atoms with Crippen LogP contribution in [0.2, 0.25) is 0 Å². The average molecular weight is 351 g/mol. The van der Waals surface area contributed by atoms with E-state index in [0.717, 1.165) is 0 Å². The second kappa shape index (κ2) is 7.58. The molecule has 2 aliphatic rings. The van der Waals surface area contributed by atoms with Crippen LogP contribution in [0.3, 0.4) is 0 Å². The lowest BCUT2D eigenvalue weighted by molar-refractivity contribution is -0.00539. The van der Waals surface area contributed by atoms with Gasteiger partial charge in [-0.1, -0.05) is 0 Å². The molecular weight excluding hydrogens is 325 g/mol. The molecule has 1 aromatic carbocycles. The first-order valence-corrected chi connectivity index (χ1v) is 8.80. The molecule has 138 valence electrons. The Bertz CT molecular complexity index is 618. The van der Waals surface area contributed by atoms with Crippen molar-refractivity contribution in [1.82, 2.24) is 4.90 Å². The predicted molar refractivity (Wildman–Crippen MR) is 94.6 cm³/mol. The Morgan fingerprint density at radius 1 is 1.16 bits per heavy atom. The largest absolute Gasteiger partial charge is 0.375 e. The first kappa shape index (κ1) is 17.9. The van der Waals surface area contributed by atoms with Gasteiger partial charge in [-0.15, -0.1) is 0 Å². The first-order valence-electron chi connectivity index (χ1n) is 8.80. The van der Waals surface area contributed by atoms with E-state index in [2.05, 4.69) is 5.32 Å². The van der Waals surface area contributed by atoms with Crippen LogP contribution in [-0.2, 0) is 9.47 Å². The van der Waals surface area contributed by atoms with E-state index < -0.39 is 0 Å². The number of benzene rings is 1. The summed E-state index contributed by atoms with van der Waals surface area (Å²) in [6.45, 7) is 8.80. The van der Waals surface area contributed by atoms with Gasteiger partial charge in [-0.05, 0) is 39.0 Å². The fourth-order valence-electron chi connectivity index (χ4n) is 3.42. The van der Waals surface area contributed by atoms with E-state index in [0.29, 0.717) is 44.2 Å². The minimum absolute atomic E-state index is 0.0175. The maximum absolute atomic E-state index is 14.6. The Kier molecular flexibility index (Phi) is 5.44. The summed E-state index contributed by atoms with van der Waals surface area (Å²) in [4.78, 5) is 16.0. The zero-order valence-electron chi connectivity index (χ0n) is 15.0. The standard InChI is InChI=1S/C18H26FN3O3/c1-12-9-21(6-7-24-12)18(23)20-15-4-5-17(16(19)8-15)22-10-13(2)25-14(3)11-22/h4-5,8,12-14H,6-7,9-11H2,1-3H3,(H,20,23)/t12-,13-,14+/m1/s1. The molecule has 2 saturated heterocycles. The zero-order chi connectivity index (χ0) is 18.0. The molecule has 0 unspecified atom stereocenters. The van der Waals surface area contributed by atoms with Crippen LogP contribution in [0, 0.1) is 5.82 Å². The molecule has 0 aromatic heterocycles. The van der Waals surface area contributed by atoms with E-state index in [9.17, 15) is 9.18 Å². The molecular formula is C18H26FN3O3. The molecule has 1 N–H and O–H groups in total. The average Bonchev–Trinajstić information content (AvgIpc) is 2.54. The fraction of sp³-hybridized carbons (Fsp3) is 0.611. The van der Waals surface area contributed by atoms with Crippen LogP contribution in [0.1, 0.15) is 20.8 Å². The molecule has 0 saturated carbocycles. The van der Waals surface area contributed by atoms with E-state index in [-0.39, 0.29) is 30.2 Å². The molecule has 7 heteroatoms. The second-order valence-electron chi connectivity index (χ2n) is 6.89. The Morgan fingerprint density at radius 2 is 1.88 bits per heavy atom. The number of ether oxygens (including phenoxy) is 2. The Morgan fingerprint density at radius 3 is 2.52 bits per heavy atom. The number of carbonyl (C=O) groups is 1. The first-order chi connectivity index (χ1) is 11.9. The van der Waals surface area contributed by atoms with Gasteiger partial charge in [0.1, 0.15) is 5.82 Å². The van der Waals surface area contributed by atoms with Gasteiger partial charge in [-0.3, -0.25) is 0 Å². The van der Waals surface area contributed by atoms with Crippen molar-refractivity contribution in [1.29, 1.82) is 0 Å². The fourth-order valence-corrected chi connectivity index (χ4v) is 3.42. The number of nitrogens with zero attached hydrogens (tertiary/aromatic N) is 2. The van der Waals surface area contributed by atoms with Gasteiger partial charge in [0.25, 0.3) is 0 Å². The smallest absolute Gasteiger partial charge is 0.322 e. The van der Waals surface area contributed by atoms with Crippen molar-refractivity contribution in [2.24, 2.45) is 0 Å². The summed E-state index contributed by atoms with van der Waals surface area (Å²) in [5.41, 5.74) is 1.000. The van der Waals surface area contributed by atoms with Crippen LogP contribution in [0.25, 0.3) is 0 Å². The van der Waals surface area contributed by atoms with Gasteiger partial charge in [0.05, 0.1) is 30.6 Å². The molecule has 0 radical (unpaired) electrons.